The van der Waals surface area contributed by atoms with Gasteiger partial charge in [-0.05, 0) is 73.9 Å². The van der Waals surface area contributed by atoms with Crippen LogP contribution in [0.3, 0.4) is 0 Å². The molecule has 1 saturated heterocycles. The first-order chi connectivity index (χ1) is 27.0. The number of likely N-dealkylation sites (N-methyl/N-ethyl adjacent to an activating group) is 3. The van der Waals surface area contributed by atoms with Gasteiger partial charge in [-0.15, -0.1) is 0 Å². The van der Waals surface area contributed by atoms with E-state index in [4.69, 9.17) is 14.2 Å². The number of fused-ring (bicyclic) bond motifs is 7. The van der Waals surface area contributed by atoms with Gasteiger partial charge in [-0.3, -0.25) is 28.8 Å². The van der Waals surface area contributed by atoms with Crippen LogP contribution >= 0.6 is 0 Å². The van der Waals surface area contributed by atoms with Crippen LogP contribution in [-0.2, 0) is 41.6 Å². The van der Waals surface area contributed by atoms with Crippen LogP contribution in [0, 0.1) is 0 Å². The lowest BCUT2D eigenvalue weighted by atomic mass is 9.97. The number of rotatable bonds is 4. The van der Waals surface area contributed by atoms with E-state index >= 15 is 0 Å². The number of hydrogen-bond donors (Lipinski definition) is 4. The summed E-state index contributed by atoms with van der Waals surface area (Å²) in [5, 5.41) is 20.0. The highest BCUT2D eigenvalue weighted by Crippen LogP contribution is 2.35. The maximum absolute atomic E-state index is 14.7. The van der Waals surface area contributed by atoms with Gasteiger partial charge in [0.25, 0.3) is 0 Å². The fourth-order valence-corrected chi connectivity index (χ4v) is 6.94. The normalized spacial score (nSPS) is 25.4. The van der Waals surface area contributed by atoms with Gasteiger partial charge in [0.05, 0.1) is 14.2 Å². The summed E-state index contributed by atoms with van der Waals surface area (Å²) in [7, 11) is 7.10. The third kappa shape index (κ3) is 9.28. The average Bonchev–Trinajstić information content (AvgIpc) is 3.20. The summed E-state index contributed by atoms with van der Waals surface area (Å²) >= 11 is 0. The Labute approximate surface area is 331 Å². The minimum absolute atomic E-state index is 0.0285. The molecular formula is C41H50N6O10. The Balaban J connectivity index is 1.61. The van der Waals surface area contributed by atoms with Crippen molar-refractivity contribution in [3.8, 4) is 23.0 Å². The second-order valence-corrected chi connectivity index (χ2v) is 14.4. The molecule has 304 valence electrons. The van der Waals surface area contributed by atoms with Crippen LogP contribution in [0.4, 0.5) is 0 Å². The molecule has 7 atom stereocenters. The monoisotopic (exact) mass is 786 g/mol. The molecule has 5 rings (SSSR count). The number of ether oxygens (including phenoxy) is 3. The van der Waals surface area contributed by atoms with Crippen molar-refractivity contribution in [1.29, 1.82) is 0 Å². The summed E-state index contributed by atoms with van der Waals surface area (Å²) in [6.45, 7) is 4.32. The largest absolute Gasteiger partial charge is 0.497 e. The quantitative estimate of drug-likeness (QED) is 0.300. The van der Waals surface area contributed by atoms with Gasteiger partial charge < -0.3 is 50.0 Å². The van der Waals surface area contributed by atoms with Crippen molar-refractivity contribution in [2.75, 3.05) is 35.4 Å². The molecule has 6 amide bonds. The van der Waals surface area contributed by atoms with Crippen molar-refractivity contribution >= 4 is 35.4 Å². The Morgan fingerprint density at radius 3 is 1.98 bits per heavy atom. The van der Waals surface area contributed by atoms with Crippen LogP contribution in [0.5, 0.6) is 23.0 Å². The van der Waals surface area contributed by atoms with E-state index in [9.17, 15) is 33.9 Å². The first-order valence-electron chi connectivity index (χ1n) is 18.5. The number of carbonyl (C=O) groups excluding carboxylic acids is 6. The van der Waals surface area contributed by atoms with Crippen molar-refractivity contribution in [2.45, 2.75) is 76.0 Å². The average molecular weight is 787 g/mol. The number of carbonyl (C=O) groups is 6. The number of benzene rings is 3. The fraction of sp³-hybridized carbons (Fsp3) is 0.415. The summed E-state index contributed by atoms with van der Waals surface area (Å²) < 4.78 is 17.0. The maximum Gasteiger partial charge on any atom is 0.248 e. The molecule has 0 saturated carbocycles. The Morgan fingerprint density at radius 1 is 0.702 bits per heavy atom. The number of nitrogens with one attached hydrogen (secondary N) is 3. The summed E-state index contributed by atoms with van der Waals surface area (Å²) in [4.78, 5) is 87.9. The maximum atomic E-state index is 14.7. The molecule has 0 unspecified atom stereocenters. The fourth-order valence-electron chi connectivity index (χ4n) is 6.94. The molecule has 3 aromatic rings. The molecule has 0 aromatic heterocycles. The van der Waals surface area contributed by atoms with Crippen molar-refractivity contribution < 1.29 is 48.1 Å². The SMILES string of the molecule is COc1ccc(C[C@H]2C(=O)N[C@@H](C)C(=O)N(C)[C@@H]3C(=O)N(C)[C@@H](Cc4ccc(OC)c(c4)Oc4cccc(c4)[C@@H]3O)C(=O)N[C@H](C)C(=O)N[C@@H](C)C(=O)N2C)cc1. The van der Waals surface area contributed by atoms with E-state index in [-0.39, 0.29) is 18.4 Å². The Morgan fingerprint density at radius 2 is 1.33 bits per heavy atom. The molecule has 2 heterocycles. The standard InChI is InChI=1S/C41H50N6O10/c1-22-36(49)43-23(2)39(52)45(4)30(18-25-12-15-28(55-7)16-13-25)38(51)44-24(3)40(53)47(6)34-35(48)27-10-9-11-29(21-27)57-33-20-26(14-17-32(33)56-8)19-31(37(50)42-22)46(5)41(34)54/h9-17,20-24,30-31,34-35,48H,18-19H2,1-8H3,(H,42,50)(H,43,49)(H,44,51)/t22-,23+,24+,30+,31+,34+,35+/m1/s1. The summed E-state index contributed by atoms with van der Waals surface area (Å²) in [6, 6.07) is 10.6. The molecule has 1 fully saturated rings. The molecule has 16 heteroatoms. The molecule has 57 heavy (non-hydrogen) atoms. The topological polar surface area (TPSA) is 196 Å². The third-order valence-corrected chi connectivity index (χ3v) is 10.4. The first-order valence-corrected chi connectivity index (χ1v) is 18.5. The van der Waals surface area contributed by atoms with Gasteiger partial charge >= 0.3 is 0 Å². The molecule has 2 aliphatic rings. The Bertz CT molecular complexity index is 2010. The second-order valence-electron chi connectivity index (χ2n) is 14.4. The lowest BCUT2D eigenvalue weighted by Crippen LogP contribution is -2.62. The lowest BCUT2D eigenvalue weighted by Gasteiger charge is -2.38. The summed E-state index contributed by atoms with van der Waals surface area (Å²) in [6.07, 6.45) is -1.71. The zero-order valence-electron chi connectivity index (χ0n) is 33.3. The highest BCUT2D eigenvalue weighted by atomic mass is 16.5. The molecule has 0 aliphatic carbocycles. The van der Waals surface area contributed by atoms with Gasteiger partial charge in [0.15, 0.2) is 11.5 Å². The molecular weight excluding hydrogens is 736 g/mol. The van der Waals surface area contributed by atoms with E-state index in [1.807, 2.05) is 0 Å². The molecule has 3 aromatic carbocycles. The van der Waals surface area contributed by atoms with E-state index in [1.54, 1.807) is 60.7 Å². The van der Waals surface area contributed by atoms with Crippen molar-refractivity contribution in [3.63, 3.8) is 0 Å². The van der Waals surface area contributed by atoms with Crippen LogP contribution in [0.15, 0.2) is 66.7 Å². The van der Waals surface area contributed by atoms with Gasteiger partial charge in [0, 0.05) is 34.0 Å². The molecule has 4 N–H and O–H groups in total. The number of methoxy groups -OCH3 is 2. The zero-order valence-corrected chi connectivity index (χ0v) is 33.3. The summed E-state index contributed by atoms with van der Waals surface area (Å²) in [5.74, 6) is -2.68. The molecule has 16 nitrogen and oxygen atoms in total. The number of nitrogens with zero attached hydrogens (tertiary/aromatic N) is 3. The van der Waals surface area contributed by atoms with Crippen LogP contribution in [0.25, 0.3) is 0 Å². The number of hydrogen-bond acceptors (Lipinski definition) is 10. The smallest absolute Gasteiger partial charge is 0.248 e. The predicted octanol–water partition coefficient (Wildman–Crippen LogP) is 1.34. The predicted molar refractivity (Wildman–Crippen MR) is 207 cm³/mol. The summed E-state index contributed by atoms with van der Waals surface area (Å²) in [5.41, 5.74) is 1.45. The Kier molecular flexibility index (Phi) is 13.1. The number of amides is 6. The molecule has 6 bridgehead atoms. The van der Waals surface area contributed by atoms with Gasteiger partial charge in [0.1, 0.15) is 53.9 Å². The van der Waals surface area contributed by atoms with Crippen LogP contribution in [-0.4, -0.2) is 127 Å². The van der Waals surface area contributed by atoms with E-state index in [1.165, 1.54) is 67.1 Å². The molecule has 2 aliphatic heterocycles. The van der Waals surface area contributed by atoms with Crippen LogP contribution in [0.2, 0.25) is 0 Å². The van der Waals surface area contributed by atoms with Crippen molar-refractivity contribution in [1.82, 2.24) is 30.7 Å². The lowest BCUT2D eigenvalue weighted by molar-refractivity contribution is -0.153. The minimum Gasteiger partial charge on any atom is -0.497 e. The first kappa shape index (κ1) is 42.0. The van der Waals surface area contributed by atoms with E-state index in [2.05, 4.69) is 16.0 Å². The molecule has 0 radical (unpaired) electrons. The zero-order chi connectivity index (χ0) is 41.7. The molecule has 0 spiro atoms. The minimum atomic E-state index is -1.65. The second kappa shape index (κ2) is 17.7. The third-order valence-electron chi connectivity index (χ3n) is 10.4. The Hall–Kier alpha value is -6.16. The van der Waals surface area contributed by atoms with Gasteiger partial charge in [-0.25, -0.2) is 0 Å². The number of aliphatic hydroxyl groups excluding tert-OH is 1. The van der Waals surface area contributed by atoms with E-state index in [0.717, 1.165) is 9.80 Å². The van der Waals surface area contributed by atoms with Gasteiger partial charge in [0.2, 0.25) is 35.4 Å². The number of aliphatic hydroxyl groups is 1. The van der Waals surface area contributed by atoms with E-state index in [0.29, 0.717) is 34.1 Å². The van der Waals surface area contributed by atoms with Crippen molar-refractivity contribution in [2.24, 2.45) is 0 Å². The van der Waals surface area contributed by atoms with Gasteiger partial charge in [-0.2, -0.15) is 0 Å². The highest BCUT2D eigenvalue weighted by Gasteiger charge is 2.42. The highest BCUT2D eigenvalue weighted by molar-refractivity contribution is 5.98. The van der Waals surface area contributed by atoms with Gasteiger partial charge in [-0.1, -0.05) is 30.3 Å². The van der Waals surface area contributed by atoms with Crippen LogP contribution < -0.4 is 30.2 Å². The van der Waals surface area contributed by atoms with Crippen LogP contribution in [0.1, 0.15) is 43.6 Å². The van der Waals surface area contributed by atoms with Crippen molar-refractivity contribution in [3.05, 3.63) is 83.4 Å². The van der Waals surface area contributed by atoms with E-state index < -0.39 is 77.8 Å².